The molecule has 1 aromatic rings. The van der Waals surface area contributed by atoms with E-state index in [0.717, 1.165) is 0 Å². The van der Waals surface area contributed by atoms with Crippen molar-refractivity contribution in [2.45, 2.75) is 6.92 Å². The van der Waals surface area contributed by atoms with Crippen molar-refractivity contribution in [3.63, 3.8) is 0 Å². The lowest BCUT2D eigenvalue weighted by Crippen LogP contribution is -2.07. The molecule has 1 aromatic carbocycles. The highest BCUT2D eigenvalue weighted by Gasteiger charge is 2.04. The average Bonchev–Trinajstić information content (AvgIpc) is 2.47. The van der Waals surface area contributed by atoms with Crippen LogP contribution in [0.3, 0.4) is 0 Å². The average molecular weight is 284 g/mol. The largest absolute Gasteiger partial charge is 0.394 e. The molecule has 1 rings (SSSR count). The van der Waals surface area contributed by atoms with Crippen LogP contribution in [0.4, 0.5) is 0 Å². The SMILES string of the molecule is C=C(C)C(=O)OOc1ccccc1.OCCOCCO. The summed E-state index contributed by atoms with van der Waals surface area (Å²) in [7, 11) is 0. The zero-order chi connectivity index (χ0) is 15.2. The van der Waals surface area contributed by atoms with E-state index in [0.29, 0.717) is 24.5 Å². The molecule has 6 nitrogen and oxygen atoms in total. The summed E-state index contributed by atoms with van der Waals surface area (Å²) >= 11 is 0. The van der Waals surface area contributed by atoms with Crippen LogP contribution in [0, 0.1) is 0 Å². The Morgan fingerprint density at radius 3 is 2.15 bits per heavy atom. The maximum atomic E-state index is 10.9. The number of rotatable bonds is 7. The first-order valence-electron chi connectivity index (χ1n) is 6.00. The van der Waals surface area contributed by atoms with Crippen LogP contribution < -0.4 is 4.89 Å². The van der Waals surface area contributed by atoms with Crippen LogP contribution >= 0.6 is 0 Å². The summed E-state index contributed by atoms with van der Waals surface area (Å²) in [5.41, 5.74) is 0.302. The quantitative estimate of drug-likeness (QED) is 0.337. The molecule has 6 heteroatoms. The van der Waals surface area contributed by atoms with Crippen molar-refractivity contribution in [1.82, 2.24) is 0 Å². The van der Waals surface area contributed by atoms with E-state index in [4.69, 9.17) is 15.1 Å². The van der Waals surface area contributed by atoms with Gasteiger partial charge in [0.2, 0.25) is 0 Å². The molecule has 20 heavy (non-hydrogen) atoms. The Morgan fingerprint density at radius 1 is 1.15 bits per heavy atom. The van der Waals surface area contributed by atoms with E-state index in [-0.39, 0.29) is 13.2 Å². The summed E-state index contributed by atoms with van der Waals surface area (Å²) in [6.45, 7) is 5.66. The van der Waals surface area contributed by atoms with Gasteiger partial charge in [0.15, 0.2) is 5.75 Å². The normalized spacial score (nSPS) is 9.15. The van der Waals surface area contributed by atoms with E-state index < -0.39 is 5.97 Å². The summed E-state index contributed by atoms with van der Waals surface area (Å²) < 4.78 is 4.63. The molecule has 0 radical (unpaired) electrons. The predicted octanol–water partition coefficient (Wildman–Crippen LogP) is 1.09. The molecule has 0 aliphatic heterocycles. The van der Waals surface area contributed by atoms with Crippen molar-refractivity contribution in [3.05, 3.63) is 42.5 Å². The molecule has 0 saturated carbocycles. The second-order valence-corrected chi connectivity index (χ2v) is 3.61. The van der Waals surface area contributed by atoms with Gasteiger partial charge < -0.3 is 14.9 Å². The number of carbonyl (C=O) groups is 1. The second kappa shape index (κ2) is 12.2. The fourth-order valence-electron chi connectivity index (χ4n) is 0.864. The highest BCUT2D eigenvalue weighted by Crippen LogP contribution is 2.09. The van der Waals surface area contributed by atoms with Crippen LogP contribution in [0.15, 0.2) is 42.5 Å². The lowest BCUT2D eigenvalue weighted by Gasteiger charge is -2.02. The molecule has 112 valence electrons. The molecule has 0 fully saturated rings. The van der Waals surface area contributed by atoms with Crippen molar-refractivity contribution in [2.75, 3.05) is 26.4 Å². The predicted molar refractivity (Wildman–Crippen MR) is 73.0 cm³/mol. The number of aliphatic hydroxyl groups excluding tert-OH is 2. The highest BCUT2D eigenvalue weighted by molar-refractivity contribution is 5.86. The fourth-order valence-corrected chi connectivity index (χ4v) is 0.864. The minimum atomic E-state index is -0.566. The zero-order valence-electron chi connectivity index (χ0n) is 11.4. The van der Waals surface area contributed by atoms with Crippen LogP contribution in [-0.2, 0) is 14.4 Å². The van der Waals surface area contributed by atoms with Crippen molar-refractivity contribution in [2.24, 2.45) is 0 Å². The zero-order valence-corrected chi connectivity index (χ0v) is 11.4. The van der Waals surface area contributed by atoms with E-state index >= 15 is 0 Å². The van der Waals surface area contributed by atoms with Crippen molar-refractivity contribution >= 4 is 5.97 Å². The number of carbonyl (C=O) groups excluding carboxylic acids is 1. The number of aliphatic hydroxyl groups is 2. The van der Waals surface area contributed by atoms with Gasteiger partial charge in [-0.1, -0.05) is 24.8 Å². The van der Waals surface area contributed by atoms with Gasteiger partial charge in [-0.15, -0.1) is 0 Å². The van der Waals surface area contributed by atoms with Gasteiger partial charge in [-0.2, -0.15) is 0 Å². The van der Waals surface area contributed by atoms with Gasteiger partial charge in [-0.05, 0) is 19.1 Å². The number of para-hydroxylation sites is 1. The lowest BCUT2D eigenvalue weighted by atomic mass is 10.3. The third-order valence-electron chi connectivity index (χ3n) is 1.78. The standard InChI is InChI=1S/C10H10O3.C4H10O3/c1-8(2)10(11)13-12-9-6-4-3-5-7-9;5-1-3-7-4-2-6/h3-7H,1H2,2H3;5-6H,1-4H2. The summed E-state index contributed by atoms with van der Waals surface area (Å²) in [6.07, 6.45) is 0. The van der Waals surface area contributed by atoms with E-state index in [1.165, 1.54) is 0 Å². The first kappa shape index (κ1) is 18.1. The monoisotopic (exact) mass is 284 g/mol. The summed E-state index contributed by atoms with van der Waals surface area (Å²) in [5.74, 6) is -0.0825. The van der Waals surface area contributed by atoms with Crippen molar-refractivity contribution < 1.29 is 29.5 Å². The molecule has 2 N–H and O–H groups in total. The molecule has 0 aromatic heterocycles. The number of ether oxygens (including phenoxy) is 1. The Labute approximate surface area is 118 Å². The maximum Gasteiger partial charge on any atom is 0.381 e. The molecule has 0 bridgehead atoms. The Bertz CT molecular complexity index is 373. The molecular formula is C14H20O6. The molecule has 0 aliphatic carbocycles. The highest BCUT2D eigenvalue weighted by atomic mass is 17.2. The van der Waals surface area contributed by atoms with E-state index in [2.05, 4.69) is 16.2 Å². The molecule has 0 saturated heterocycles. The van der Waals surface area contributed by atoms with Crippen molar-refractivity contribution in [3.8, 4) is 5.75 Å². The lowest BCUT2D eigenvalue weighted by molar-refractivity contribution is -0.208. The number of benzene rings is 1. The van der Waals surface area contributed by atoms with Gasteiger partial charge in [0, 0.05) is 5.57 Å². The molecule has 0 spiro atoms. The van der Waals surface area contributed by atoms with E-state index in [9.17, 15) is 4.79 Å². The first-order valence-corrected chi connectivity index (χ1v) is 6.00. The third-order valence-corrected chi connectivity index (χ3v) is 1.78. The summed E-state index contributed by atoms with van der Waals surface area (Å²) in [6, 6.07) is 8.78. The van der Waals surface area contributed by atoms with Crippen LogP contribution in [0.25, 0.3) is 0 Å². The second-order valence-electron chi connectivity index (χ2n) is 3.61. The van der Waals surface area contributed by atoms with Gasteiger partial charge in [-0.25, -0.2) is 9.68 Å². The molecule has 0 aliphatic rings. The smallest absolute Gasteiger partial charge is 0.381 e. The molecule has 0 atom stereocenters. The Kier molecular flexibility index (Phi) is 11.0. The van der Waals surface area contributed by atoms with Gasteiger partial charge in [-0.3, -0.25) is 4.89 Å². The van der Waals surface area contributed by atoms with Gasteiger partial charge in [0.05, 0.1) is 26.4 Å². The minimum Gasteiger partial charge on any atom is -0.394 e. The van der Waals surface area contributed by atoms with Gasteiger partial charge in [0.1, 0.15) is 0 Å². The third kappa shape index (κ3) is 10.1. The number of hydrogen-bond acceptors (Lipinski definition) is 6. The Hall–Kier alpha value is -1.89. The molecular weight excluding hydrogens is 264 g/mol. The fraction of sp³-hybridized carbons (Fsp3) is 0.357. The topological polar surface area (TPSA) is 85.2 Å². The molecule has 0 heterocycles. The van der Waals surface area contributed by atoms with Crippen LogP contribution in [0.5, 0.6) is 5.75 Å². The Morgan fingerprint density at radius 2 is 1.70 bits per heavy atom. The van der Waals surface area contributed by atoms with Gasteiger partial charge >= 0.3 is 5.97 Å². The maximum absolute atomic E-state index is 10.9. The Balaban J connectivity index is 0.000000441. The summed E-state index contributed by atoms with van der Waals surface area (Å²) in [4.78, 5) is 20.0. The molecule has 0 amide bonds. The van der Waals surface area contributed by atoms with Crippen LogP contribution in [0.2, 0.25) is 0 Å². The minimum absolute atomic E-state index is 0.0278. The van der Waals surface area contributed by atoms with E-state index in [1.807, 2.05) is 6.07 Å². The van der Waals surface area contributed by atoms with Gasteiger partial charge in [0.25, 0.3) is 0 Å². The first-order chi connectivity index (χ1) is 9.61. The summed E-state index contributed by atoms with van der Waals surface area (Å²) in [5, 5.41) is 16.2. The number of hydrogen-bond donors (Lipinski definition) is 2. The van der Waals surface area contributed by atoms with Crippen LogP contribution in [0.1, 0.15) is 6.92 Å². The molecule has 0 unspecified atom stereocenters. The van der Waals surface area contributed by atoms with Crippen LogP contribution in [-0.4, -0.2) is 42.6 Å². The van der Waals surface area contributed by atoms with Crippen molar-refractivity contribution in [1.29, 1.82) is 0 Å². The van der Waals surface area contributed by atoms with E-state index in [1.54, 1.807) is 31.2 Å².